The van der Waals surface area contributed by atoms with Gasteiger partial charge in [0.15, 0.2) is 0 Å². The van der Waals surface area contributed by atoms with Gasteiger partial charge in [-0.25, -0.2) is 9.59 Å². The quantitative estimate of drug-likeness (QED) is 0.283. The molecule has 0 aromatic rings. The Morgan fingerprint density at radius 2 is 1.87 bits per heavy atom. The summed E-state index contributed by atoms with van der Waals surface area (Å²) in [6.45, 7) is 6.97. The van der Waals surface area contributed by atoms with Crippen LogP contribution in [-0.4, -0.2) is 36.0 Å². The SMILES string of the molecule is C=CC(=O)OCOC(=O)C[S+](CC)CC. The first-order valence-electron chi connectivity index (χ1n) is 4.72. The Hall–Kier alpha value is -0.970. The van der Waals surface area contributed by atoms with E-state index in [2.05, 4.69) is 11.3 Å². The lowest BCUT2D eigenvalue weighted by atomic mass is 10.7. The van der Waals surface area contributed by atoms with Crippen LogP contribution < -0.4 is 0 Å². The van der Waals surface area contributed by atoms with Crippen molar-refractivity contribution < 1.29 is 19.1 Å². The predicted molar refractivity (Wildman–Crippen MR) is 60.6 cm³/mol. The molecule has 0 aromatic heterocycles. The summed E-state index contributed by atoms with van der Waals surface area (Å²) >= 11 is 0. The first kappa shape index (κ1) is 14.0. The molecule has 4 nitrogen and oxygen atoms in total. The van der Waals surface area contributed by atoms with E-state index in [0.29, 0.717) is 5.75 Å². The molecule has 0 atom stereocenters. The number of esters is 2. The average Bonchev–Trinajstić information content (AvgIpc) is 2.25. The van der Waals surface area contributed by atoms with Crippen LogP contribution in [0.3, 0.4) is 0 Å². The molecule has 86 valence electrons. The highest BCUT2D eigenvalue weighted by Crippen LogP contribution is 1.97. The van der Waals surface area contributed by atoms with Crippen molar-refractivity contribution in [3.05, 3.63) is 12.7 Å². The second-order valence-corrected chi connectivity index (χ2v) is 5.30. The summed E-state index contributed by atoms with van der Waals surface area (Å²) in [7, 11) is 0.0804. The van der Waals surface area contributed by atoms with E-state index < -0.39 is 5.97 Å². The fraction of sp³-hybridized carbons (Fsp3) is 0.600. The molecular formula is C10H17O4S+. The van der Waals surface area contributed by atoms with Gasteiger partial charge in [-0.15, -0.1) is 0 Å². The zero-order valence-corrected chi connectivity index (χ0v) is 9.97. The molecule has 15 heavy (non-hydrogen) atoms. The van der Waals surface area contributed by atoms with Crippen LogP contribution in [0.4, 0.5) is 0 Å². The summed E-state index contributed by atoms with van der Waals surface area (Å²) in [4.78, 5) is 21.8. The molecule has 0 radical (unpaired) electrons. The summed E-state index contributed by atoms with van der Waals surface area (Å²) in [5.41, 5.74) is 0. The molecule has 0 N–H and O–H groups in total. The van der Waals surface area contributed by atoms with Crippen LogP contribution in [0.2, 0.25) is 0 Å². The molecule has 0 aliphatic carbocycles. The van der Waals surface area contributed by atoms with Gasteiger partial charge >= 0.3 is 11.9 Å². The van der Waals surface area contributed by atoms with Gasteiger partial charge in [0.2, 0.25) is 12.5 Å². The minimum absolute atomic E-state index is 0.0804. The lowest BCUT2D eigenvalue weighted by Gasteiger charge is -2.05. The number of ether oxygens (including phenoxy) is 2. The Kier molecular flexibility index (Phi) is 7.81. The largest absolute Gasteiger partial charge is 0.425 e. The number of rotatable bonds is 7. The molecule has 0 rings (SSSR count). The Morgan fingerprint density at radius 3 is 2.33 bits per heavy atom. The van der Waals surface area contributed by atoms with Crippen molar-refractivity contribution in [2.24, 2.45) is 0 Å². The van der Waals surface area contributed by atoms with Gasteiger partial charge in [-0.2, -0.15) is 0 Å². The van der Waals surface area contributed by atoms with E-state index in [9.17, 15) is 9.59 Å². The van der Waals surface area contributed by atoms with Gasteiger partial charge in [-0.1, -0.05) is 6.58 Å². The molecule has 0 bridgehead atoms. The fourth-order valence-electron chi connectivity index (χ4n) is 0.829. The van der Waals surface area contributed by atoms with Crippen LogP contribution in [0.1, 0.15) is 13.8 Å². The zero-order chi connectivity index (χ0) is 11.7. The van der Waals surface area contributed by atoms with Crippen molar-refractivity contribution in [1.82, 2.24) is 0 Å². The third-order valence-electron chi connectivity index (χ3n) is 1.73. The molecule has 0 aromatic carbocycles. The third-order valence-corrected chi connectivity index (χ3v) is 4.00. The lowest BCUT2D eigenvalue weighted by Crippen LogP contribution is -2.23. The van der Waals surface area contributed by atoms with Crippen LogP contribution >= 0.6 is 0 Å². The van der Waals surface area contributed by atoms with Gasteiger partial charge in [0.1, 0.15) is 11.5 Å². The molecule has 0 spiro atoms. The molecule has 0 unspecified atom stereocenters. The van der Waals surface area contributed by atoms with Gasteiger partial charge in [0.25, 0.3) is 0 Å². The standard InChI is InChI=1S/C10H17O4S/c1-4-9(11)13-8-14-10(12)7-15(5-2)6-3/h4H,1,5-8H2,2-3H3/q+1. The fourth-order valence-corrected chi connectivity index (χ4v) is 2.06. The molecule has 0 saturated heterocycles. The smallest absolute Gasteiger partial charge is 0.359 e. The van der Waals surface area contributed by atoms with Gasteiger partial charge in [-0.05, 0) is 24.7 Å². The predicted octanol–water partition coefficient (Wildman–Crippen LogP) is 0.874. The van der Waals surface area contributed by atoms with E-state index in [1.807, 2.05) is 13.8 Å². The molecule has 0 aliphatic rings. The maximum Gasteiger partial charge on any atom is 0.359 e. The topological polar surface area (TPSA) is 52.6 Å². The van der Waals surface area contributed by atoms with E-state index >= 15 is 0 Å². The van der Waals surface area contributed by atoms with Gasteiger partial charge in [-0.3, -0.25) is 0 Å². The summed E-state index contributed by atoms with van der Waals surface area (Å²) in [5.74, 6) is 1.43. The van der Waals surface area contributed by atoms with E-state index in [0.717, 1.165) is 17.6 Å². The molecule has 0 amide bonds. The third kappa shape index (κ3) is 7.02. The van der Waals surface area contributed by atoms with Crippen LogP contribution in [0.5, 0.6) is 0 Å². The van der Waals surface area contributed by atoms with Crippen LogP contribution in [0.15, 0.2) is 12.7 Å². The molecule has 0 saturated carbocycles. The van der Waals surface area contributed by atoms with Crippen molar-refractivity contribution in [2.45, 2.75) is 13.8 Å². The highest BCUT2D eigenvalue weighted by atomic mass is 32.2. The molecule has 0 heterocycles. The van der Waals surface area contributed by atoms with E-state index in [4.69, 9.17) is 4.74 Å². The Bertz CT molecular complexity index is 223. The van der Waals surface area contributed by atoms with Crippen molar-refractivity contribution in [3.63, 3.8) is 0 Å². The van der Waals surface area contributed by atoms with Crippen molar-refractivity contribution in [3.8, 4) is 0 Å². The van der Waals surface area contributed by atoms with Crippen LogP contribution in [-0.2, 0) is 30.0 Å². The van der Waals surface area contributed by atoms with E-state index in [-0.39, 0.29) is 23.7 Å². The zero-order valence-electron chi connectivity index (χ0n) is 9.15. The maximum atomic E-state index is 11.2. The highest BCUT2D eigenvalue weighted by molar-refractivity contribution is 7.97. The minimum Gasteiger partial charge on any atom is -0.425 e. The highest BCUT2D eigenvalue weighted by Gasteiger charge is 2.19. The van der Waals surface area contributed by atoms with Gasteiger partial charge in [0, 0.05) is 6.08 Å². The Labute approximate surface area is 93.0 Å². The molecule has 0 fully saturated rings. The number of carbonyl (C=O) groups excluding carboxylic acids is 2. The summed E-state index contributed by atoms with van der Waals surface area (Å²) in [5, 5.41) is 0. The minimum atomic E-state index is -0.590. The maximum absolute atomic E-state index is 11.2. The van der Waals surface area contributed by atoms with E-state index in [1.54, 1.807) is 0 Å². The first-order chi connectivity index (χ1) is 7.13. The van der Waals surface area contributed by atoms with Gasteiger partial charge in [0.05, 0.1) is 0 Å². The monoisotopic (exact) mass is 233 g/mol. The Balaban J connectivity index is 3.65. The molecule has 0 aliphatic heterocycles. The van der Waals surface area contributed by atoms with Crippen LogP contribution in [0.25, 0.3) is 0 Å². The number of hydrogen-bond acceptors (Lipinski definition) is 4. The van der Waals surface area contributed by atoms with E-state index in [1.165, 1.54) is 0 Å². The Morgan fingerprint density at radius 1 is 1.27 bits per heavy atom. The van der Waals surface area contributed by atoms with Crippen molar-refractivity contribution in [2.75, 3.05) is 24.1 Å². The summed E-state index contributed by atoms with van der Waals surface area (Å²) in [6, 6.07) is 0. The van der Waals surface area contributed by atoms with Crippen molar-refractivity contribution >= 4 is 22.8 Å². The van der Waals surface area contributed by atoms with Crippen LogP contribution in [0, 0.1) is 0 Å². The number of carbonyl (C=O) groups is 2. The molecular weight excluding hydrogens is 216 g/mol. The van der Waals surface area contributed by atoms with Gasteiger partial charge < -0.3 is 9.47 Å². The summed E-state index contributed by atoms with van der Waals surface area (Å²) < 4.78 is 9.24. The number of hydrogen-bond donors (Lipinski definition) is 0. The molecule has 5 heteroatoms. The first-order valence-corrected chi connectivity index (χ1v) is 6.46. The lowest BCUT2D eigenvalue weighted by molar-refractivity contribution is -0.161. The second-order valence-electron chi connectivity index (χ2n) is 2.64. The summed E-state index contributed by atoms with van der Waals surface area (Å²) in [6.07, 6.45) is 1.02. The van der Waals surface area contributed by atoms with Crippen molar-refractivity contribution in [1.29, 1.82) is 0 Å². The second kappa shape index (κ2) is 8.35. The normalized spacial score (nSPS) is 9.80. The average molecular weight is 233 g/mol.